The third-order valence-corrected chi connectivity index (χ3v) is 4.19. The number of benzene rings is 2. The number of hydrogen-bond acceptors (Lipinski definition) is 2. The molecular weight excluding hydrogens is 291 g/mol. The van der Waals surface area contributed by atoms with E-state index in [9.17, 15) is 4.39 Å². The lowest BCUT2D eigenvalue weighted by Gasteiger charge is -2.32. The second-order valence-corrected chi connectivity index (χ2v) is 5.87. The summed E-state index contributed by atoms with van der Waals surface area (Å²) in [6.45, 7) is 5.57. The van der Waals surface area contributed by atoms with Crippen molar-refractivity contribution in [2.75, 3.05) is 13.2 Å². The first-order chi connectivity index (χ1) is 11.1. The van der Waals surface area contributed by atoms with Gasteiger partial charge in [-0.1, -0.05) is 68.1 Å². The van der Waals surface area contributed by atoms with E-state index < -0.39 is 12.0 Å². The minimum atomic E-state index is -1.59. The highest BCUT2D eigenvalue weighted by atomic mass is 19.1. The van der Waals surface area contributed by atoms with Gasteiger partial charge in [-0.15, -0.1) is 0 Å². The first-order valence-corrected chi connectivity index (χ1v) is 7.88. The van der Waals surface area contributed by atoms with E-state index in [1.165, 1.54) is 17.2 Å². The minimum absolute atomic E-state index is 0.0264. The van der Waals surface area contributed by atoms with E-state index >= 15 is 0 Å². The summed E-state index contributed by atoms with van der Waals surface area (Å²) in [4.78, 5) is 0. The summed E-state index contributed by atoms with van der Waals surface area (Å²) < 4.78 is 24.9. The lowest BCUT2D eigenvalue weighted by atomic mass is 10.0. The number of rotatable bonds is 4. The van der Waals surface area contributed by atoms with Crippen LogP contribution in [0, 0.1) is 0 Å². The van der Waals surface area contributed by atoms with Crippen LogP contribution in [0.2, 0.25) is 0 Å². The zero-order valence-electron chi connectivity index (χ0n) is 13.3. The maximum Gasteiger partial charge on any atom is 0.184 e. The zero-order chi connectivity index (χ0) is 16.3. The lowest BCUT2D eigenvalue weighted by molar-refractivity contribution is -0.226. The van der Waals surface area contributed by atoms with Crippen molar-refractivity contribution in [3.8, 4) is 11.1 Å². The summed E-state index contributed by atoms with van der Waals surface area (Å²) in [7, 11) is 0. The van der Waals surface area contributed by atoms with Crippen molar-refractivity contribution in [1.82, 2.24) is 0 Å². The van der Waals surface area contributed by atoms with E-state index in [2.05, 4.69) is 37.8 Å². The van der Waals surface area contributed by atoms with Gasteiger partial charge in [-0.05, 0) is 23.1 Å². The predicted molar refractivity (Wildman–Crippen MR) is 89.9 cm³/mol. The molecular formula is C20H21FO2. The normalized spacial score (nSPS) is 24.3. The molecule has 0 aliphatic carbocycles. The van der Waals surface area contributed by atoms with Gasteiger partial charge >= 0.3 is 0 Å². The summed E-state index contributed by atoms with van der Waals surface area (Å²) in [6.07, 6.45) is 1.76. The highest BCUT2D eigenvalue weighted by molar-refractivity contribution is 5.64. The molecule has 2 aromatic rings. The molecule has 1 fully saturated rings. The molecule has 1 heterocycles. The Morgan fingerprint density at radius 3 is 2.04 bits per heavy atom. The van der Waals surface area contributed by atoms with Crippen LogP contribution in [0.5, 0.6) is 0 Å². The molecule has 0 amide bonds. The number of halogens is 1. The van der Waals surface area contributed by atoms with Crippen LogP contribution >= 0.6 is 0 Å². The molecule has 0 unspecified atom stereocenters. The Labute approximate surface area is 136 Å². The van der Waals surface area contributed by atoms with Crippen LogP contribution in [0.4, 0.5) is 4.39 Å². The van der Waals surface area contributed by atoms with Gasteiger partial charge in [-0.25, -0.2) is 4.39 Å². The molecule has 3 rings (SSSR count). The van der Waals surface area contributed by atoms with Crippen LogP contribution in [-0.4, -0.2) is 18.9 Å². The molecule has 2 aromatic carbocycles. The highest BCUT2D eigenvalue weighted by Crippen LogP contribution is 2.31. The Bertz CT molecular complexity index is 653. The number of alkyl halides is 1. The summed E-state index contributed by atoms with van der Waals surface area (Å²) >= 11 is 0. The topological polar surface area (TPSA) is 18.5 Å². The minimum Gasteiger partial charge on any atom is -0.345 e. The average Bonchev–Trinajstić information content (AvgIpc) is 2.63. The molecule has 0 radical (unpaired) electrons. The van der Waals surface area contributed by atoms with Crippen molar-refractivity contribution in [3.05, 3.63) is 72.3 Å². The first-order valence-electron chi connectivity index (χ1n) is 7.88. The van der Waals surface area contributed by atoms with Crippen LogP contribution in [0.15, 0.2) is 61.2 Å². The van der Waals surface area contributed by atoms with E-state index in [0.717, 1.165) is 17.5 Å². The fourth-order valence-corrected chi connectivity index (χ4v) is 2.59. The Morgan fingerprint density at radius 2 is 1.57 bits per heavy atom. The van der Waals surface area contributed by atoms with Crippen LogP contribution in [0.1, 0.15) is 24.3 Å². The molecule has 23 heavy (non-hydrogen) atoms. The largest absolute Gasteiger partial charge is 0.345 e. The Hall–Kier alpha value is -1.97. The number of aryl methyl sites for hydroxylation is 1. The second kappa shape index (κ2) is 6.65. The summed E-state index contributed by atoms with van der Waals surface area (Å²) in [5, 5.41) is 0. The van der Waals surface area contributed by atoms with E-state index in [0.29, 0.717) is 0 Å². The van der Waals surface area contributed by atoms with Crippen molar-refractivity contribution < 1.29 is 13.9 Å². The fourth-order valence-electron chi connectivity index (χ4n) is 2.59. The van der Waals surface area contributed by atoms with Crippen molar-refractivity contribution in [1.29, 1.82) is 0 Å². The molecule has 0 bridgehead atoms. The van der Waals surface area contributed by atoms with Gasteiger partial charge in [0.15, 0.2) is 12.0 Å². The first kappa shape index (κ1) is 15.9. The van der Waals surface area contributed by atoms with E-state index in [-0.39, 0.29) is 13.2 Å². The van der Waals surface area contributed by atoms with Gasteiger partial charge in [0.2, 0.25) is 0 Å². The van der Waals surface area contributed by atoms with Gasteiger partial charge in [0, 0.05) is 5.56 Å². The third-order valence-electron chi connectivity index (χ3n) is 4.19. The monoisotopic (exact) mass is 312 g/mol. The quantitative estimate of drug-likeness (QED) is 0.751. The van der Waals surface area contributed by atoms with Crippen LogP contribution in [0.3, 0.4) is 0 Å². The van der Waals surface area contributed by atoms with E-state index in [1.54, 1.807) is 0 Å². The molecule has 2 nitrogen and oxygen atoms in total. The number of hydrogen-bond donors (Lipinski definition) is 0. The molecule has 0 aromatic heterocycles. The van der Waals surface area contributed by atoms with Gasteiger partial charge in [-0.3, -0.25) is 0 Å². The van der Waals surface area contributed by atoms with Gasteiger partial charge in [-0.2, -0.15) is 0 Å². The molecule has 1 saturated heterocycles. The van der Waals surface area contributed by atoms with Gasteiger partial charge in [0.05, 0.1) is 13.2 Å². The van der Waals surface area contributed by atoms with Crippen molar-refractivity contribution in [2.24, 2.45) is 0 Å². The van der Waals surface area contributed by atoms with Crippen molar-refractivity contribution in [2.45, 2.75) is 25.3 Å². The van der Waals surface area contributed by atoms with Gasteiger partial charge < -0.3 is 9.47 Å². The van der Waals surface area contributed by atoms with Gasteiger partial charge in [0.1, 0.15) is 0 Å². The van der Waals surface area contributed by atoms with E-state index in [4.69, 9.17) is 9.47 Å². The average molecular weight is 312 g/mol. The Balaban J connectivity index is 1.71. The summed E-state index contributed by atoms with van der Waals surface area (Å²) in [6, 6.07) is 16.5. The molecule has 0 spiro atoms. The molecule has 3 heteroatoms. The fraction of sp³-hybridized carbons (Fsp3) is 0.300. The summed E-state index contributed by atoms with van der Waals surface area (Å²) in [5.74, 6) is 0. The molecule has 0 atom stereocenters. The van der Waals surface area contributed by atoms with Crippen molar-refractivity contribution in [3.63, 3.8) is 0 Å². The third kappa shape index (κ3) is 3.52. The summed E-state index contributed by atoms with van der Waals surface area (Å²) in [5.41, 5.74) is 2.94. The highest BCUT2D eigenvalue weighted by Gasteiger charge is 2.34. The molecule has 0 saturated carbocycles. The predicted octanol–water partition coefficient (Wildman–Crippen LogP) is 4.86. The molecule has 1 aliphatic rings. The van der Waals surface area contributed by atoms with Gasteiger partial charge in [0.25, 0.3) is 0 Å². The number of ether oxygens (including phenoxy) is 2. The Morgan fingerprint density at radius 1 is 1.04 bits per heavy atom. The van der Waals surface area contributed by atoms with Crippen LogP contribution in [-0.2, 0) is 15.9 Å². The maximum atomic E-state index is 14.0. The SMILES string of the molecule is C=CC1(F)COC(c2ccc(-c3ccc(CC)cc3)cc2)OC1. The van der Waals surface area contributed by atoms with E-state index in [1.807, 2.05) is 24.3 Å². The Kier molecular flexibility index (Phi) is 4.60. The maximum absolute atomic E-state index is 14.0. The lowest BCUT2D eigenvalue weighted by Crippen LogP contribution is -2.39. The van der Waals surface area contributed by atoms with Crippen molar-refractivity contribution >= 4 is 0 Å². The molecule has 1 aliphatic heterocycles. The zero-order valence-corrected chi connectivity index (χ0v) is 13.3. The van der Waals surface area contributed by atoms with Crippen LogP contribution in [0.25, 0.3) is 11.1 Å². The smallest absolute Gasteiger partial charge is 0.184 e. The second-order valence-electron chi connectivity index (χ2n) is 5.87. The standard InChI is InChI=1S/C20H21FO2/c1-3-15-5-7-16(8-6-15)17-9-11-18(12-10-17)19-22-13-20(21,4-2)14-23-19/h4-12,19H,2-3,13-14H2,1H3. The molecule has 120 valence electrons. The van der Waals surface area contributed by atoms with Crippen LogP contribution < -0.4 is 0 Å². The molecule has 0 N–H and O–H groups in total.